The van der Waals surface area contributed by atoms with Gasteiger partial charge in [-0.05, 0) is 123 Å². The molecular weight excluding hydrogens is 983 g/mol. The van der Waals surface area contributed by atoms with Crippen molar-refractivity contribution in [1.82, 2.24) is 19.8 Å². The van der Waals surface area contributed by atoms with Crippen LogP contribution < -0.4 is 30.6 Å². The number of methoxy groups -OCH3 is 2. The van der Waals surface area contributed by atoms with Crippen LogP contribution in [0.4, 0.5) is 10.5 Å². The second kappa shape index (κ2) is 28.8. The highest BCUT2D eigenvalue weighted by atomic mass is 32.2. The highest BCUT2D eigenvalue weighted by Gasteiger charge is 2.41. The van der Waals surface area contributed by atoms with Crippen LogP contribution >= 0.6 is 0 Å². The topological polar surface area (TPSA) is 242 Å². The number of aliphatic hydroxyl groups excluding tert-OH is 1. The molecule has 0 unspecified atom stereocenters. The third-order valence-corrected chi connectivity index (χ3v) is 15.3. The summed E-state index contributed by atoms with van der Waals surface area (Å²) in [6.45, 7) is 6.82. The minimum Gasteiger partial charge on any atom is -0.493 e. The predicted molar refractivity (Wildman–Crippen MR) is 284 cm³/mol. The molecule has 5 rings (SSSR count). The van der Waals surface area contributed by atoms with Gasteiger partial charge in [-0.1, -0.05) is 76.2 Å². The van der Waals surface area contributed by atoms with Crippen LogP contribution in [0.1, 0.15) is 95.4 Å². The maximum atomic E-state index is 14.1. The maximum absolute atomic E-state index is 14.1. The molecule has 3 amide bonds. The van der Waals surface area contributed by atoms with Crippen molar-refractivity contribution in [3.63, 3.8) is 0 Å². The number of Topliss-reactive ketones (excluding diaryl/α,β-unsaturated/α-hetero) is 1. The van der Waals surface area contributed by atoms with Gasteiger partial charge in [0.25, 0.3) is 11.8 Å². The van der Waals surface area contributed by atoms with E-state index in [1.807, 2.05) is 56.3 Å². The lowest BCUT2D eigenvalue weighted by atomic mass is 9.84. The van der Waals surface area contributed by atoms with Crippen LogP contribution in [0.3, 0.4) is 0 Å². The lowest BCUT2D eigenvalue weighted by molar-refractivity contribution is -0.164. The number of nitrogens with two attached hydrogens (primary N) is 1. The van der Waals surface area contributed by atoms with Gasteiger partial charge in [0, 0.05) is 55.8 Å². The molecule has 408 valence electrons. The summed E-state index contributed by atoms with van der Waals surface area (Å²) in [6, 6.07) is 26.0. The molecular formula is C56H75N5O13S. The Hall–Kier alpha value is -6.70. The van der Waals surface area contributed by atoms with E-state index in [1.54, 1.807) is 58.4 Å². The van der Waals surface area contributed by atoms with Crippen molar-refractivity contribution in [3.05, 3.63) is 114 Å². The van der Waals surface area contributed by atoms with Gasteiger partial charge in [0.15, 0.2) is 18.1 Å². The third-order valence-electron chi connectivity index (χ3n) is 13.4. The van der Waals surface area contributed by atoms with Gasteiger partial charge in [-0.2, -0.15) is 4.31 Å². The first-order valence-corrected chi connectivity index (χ1v) is 27.1. The van der Waals surface area contributed by atoms with E-state index in [1.165, 1.54) is 33.5 Å². The molecule has 0 bridgehead atoms. The molecule has 4 aromatic rings. The van der Waals surface area contributed by atoms with E-state index < -0.39 is 75.8 Å². The monoisotopic (exact) mass is 1060 g/mol. The summed E-state index contributed by atoms with van der Waals surface area (Å²) in [5.74, 6) is -1.56. The zero-order valence-corrected chi connectivity index (χ0v) is 44.9. The van der Waals surface area contributed by atoms with E-state index in [9.17, 15) is 37.5 Å². The number of carbonyl (C=O) groups excluding carboxylic acids is 5. The first-order chi connectivity index (χ1) is 35.9. The van der Waals surface area contributed by atoms with Crippen molar-refractivity contribution in [2.24, 2.45) is 11.3 Å². The Morgan fingerprint density at radius 3 is 2.31 bits per heavy atom. The summed E-state index contributed by atoms with van der Waals surface area (Å²) < 4.78 is 57.4. The smallest absolute Gasteiger partial charge is 0.407 e. The molecule has 0 aromatic heterocycles. The number of ketones is 1. The molecule has 1 aliphatic rings. The number of piperidine rings is 1. The van der Waals surface area contributed by atoms with E-state index >= 15 is 0 Å². The quantitative estimate of drug-likeness (QED) is 0.0189. The van der Waals surface area contributed by atoms with Crippen LogP contribution in [0.25, 0.3) is 0 Å². The van der Waals surface area contributed by atoms with Gasteiger partial charge in [-0.25, -0.2) is 18.0 Å². The summed E-state index contributed by atoms with van der Waals surface area (Å²) in [4.78, 5) is 68.6. The second-order valence-corrected chi connectivity index (χ2v) is 21.2. The SMILES string of the molecule is CCCN(C[C@@H](CO)[C@H](Cc1ccccc1)NC(=O)OCCCNC(=O)COc1cccc([C@@H](CCc2ccc(OC)c(OC)c2)OC(=O)[C@@H]2CCCCN2C(=O)C(=O)C(C)(C)CC)c1)S(=O)(=O)c1ccc(N)cc1. The average molecular weight is 1060 g/mol. The summed E-state index contributed by atoms with van der Waals surface area (Å²) in [5, 5.41) is 16.2. The van der Waals surface area contributed by atoms with Crippen molar-refractivity contribution < 1.29 is 61.2 Å². The first kappa shape index (κ1) is 59.2. The molecule has 0 aliphatic carbocycles. The van der Waals surface area contributed by atoms with E-state index in [0.29, 0.717) is 73.4 Å². The fourth-order valence-corrected chi connectivity index (χ4v) is 10.2. The number of likely N-dealkylation sites (tertiary alicyclic amines) is 1. The Balaban J connectivity index is 1.18. The van der Waals surface area contributed by atoms with Crippen LogP contribution in [0, 0.1) is 11.3 Å². The molecule has 4 atom stereocenters. The highest BCUT2D eigenvalue weighted by molar-refractivity contribution is 7.89. The number of nitrogens with zero attached hydrogens (tertiary/aromatic N) is 2. The molecule has 18 nitrogen and oxygen atoms in total. The van der Waals surface area contributed by atoms with E-state index in [4.69, 9.17) is 29.4 Å². The van der Waals surface area contributed by atoms with E-state index in [0.717, 1.165) is 11.1 Å². The van der Waals surface area contributed by atoms with E-state index in [-0.39, 0.29) is 57.1 Å². The Labute approximate surface area is 441 Å². The molecule has 0 saturated carbocycles. The fourth-order valence-electron chi connectivity index (χ4n) is 8.63. The number of esters is 1. The molecule has 0 spiro atoms. The number of rotatable bonds is 29. The van der Waals surface area contributed by atoms with Crippen LogP contribution in [0.2, 0.25) is 0 Å². The number of carbonyl (C=O) groups is 5. The number of amides is 3. The molecule has 1 saturated heterocycles. The summed E-state index contributed by atoms with van der Waals surface area (Å²) in [5.41, 5.74) is 7.69. The van der Waals surface area contributed by atoms with Crippen LogP contribution in [-0.2, 0) is 51.5 Å². The van der Waals surface area contributed by atoms with Crippen LogP contribution in [0.5, 0.6) is 17.2 Å². The molecule has 0 radical (unpaired) electrons. The van der Waals surface area contributed by atoms with Gasteiger partial charge in [0.2, 0.25) is 15.8 Å². The number of hydrogen-bond acceptors (Lipinski definition) is 14. The maximum Gasteiger partial charge on any atom is 0.407 e. The lowest BCUT2D eigenvalue weighted by Gasteiger charge is -2.36. The molecule has 1 fully saturated rings. The first-order valence-electron chi connectivity index (χ1n) is 25.6. The van der Waals surface area contributed by atoms with Gasteiger partial charge in [0.1, 0.15) is 17.9 Å². The lowest BCUT2D eigenvalue weighted by Crippen LogP contribution is -2.53. The number of benzene rings is 4. The minimum atomic E-state index is -3.97. The Morgan fingerprint density at radius 1 is 0.893 bits per heavy atom. The van der Waals surface area contributed by atoms with Crippen molar-refractivity contribution in [2.45, 2.75) is 109 Å². The van der Waals surface area contributed by atoms with Crippen molar-refractivity contribution in [2.75, 3.05) is 66.0 Å². The van der Waals surface area contributed by atoms with Gasteiger partial charge < -0.3 is 50.1 Å². The summed E-state index contributed by atoms with van der Waals surface area (Å²) >= 11 is 0. The number of nitrogen functional groups attached to an aromatic ring is 1. The zero-order chi connectivity index (χ0) is 54.5. The normalized spacial score (nSPS) is 15.0. The molecule has 19 heteroatoms. The Morgan fingerprint density at radius 2 is 1.63 bits per heavy atom. The molecule has 4 aromatic carbocycles. The Kier molecular flexibility index (Phi) is 22.7. The number of ether oxygens (including phenoxy) is 5. The van der Waals surface area contributed by atoms with E-state index in [2.05, 4.69) is 10.6 Å². The van der Waals surface area contributed by atoms with Gasteiger partial charge in [0.05, 0.1) is 25.7 Å². The number of aryl methyl sites for hydroxylation is 1. The van der Waals surface area contributed by atoms with Gasteiger partial charge in [-0.15, -0.1) is 0 Å². The van der Waals surface area contributed by atoms with Gasteiger partial charge >= 0.3 is 12.1 Å². The fraction of sp³-hybridized carbons (Fsp3) is 0.482. The number of sulfonamides is 1. The van der Waals surface area contributed by atoms with Crippen molar-refractivity contribution in [3.8, 4) is 17.2 Å². The summed E-state index contributed by atoms with van der Waals surface area (Å²) in [6.07, 6.45) is 2.43. The number of alkyl carbamates (subject to hydrolysis) is 1. The predicted octanol–water partition coefficient (Wildman–Crippen LogP) is 6.82. The van der Waals surface area contributed by atoms with Gasteiger partial charge in [-0.3, -0.25) is 14.4 Å². The number of nitrogens with one attached hydrogen (secondary N) is 2. The average Bonchev–Trinajstić information content (AvgIpc) is 3.42. The molecule has 5 N–H and O–H groups in total. The number of anilines is 1. The minimum absolute atomic E-state index is 0.0619. The highest BCUT2D eigenvalue weighted by Crippen LogP contribution is 2.33. The number of aliphatic hydroxyl groups is 1. The number of hydrogen-bond donors (Lipinski definition) is 4. The Bertz CT molecular complexity index is 2620. The second-order valence-electron chi connectivity index (χ2n) is 19.2. The largest absolute Gasteiger partial charge is 0.493 e. The van der Waals surface area contributed by atoms with Crippen LogP contribution in [0.15, 0.2) is 102 Å². The zero-order valence-electron chi connectivity index (χ0n) is 44.1. The standard InChI is InChI=1S/C56H75N5O13S/c1-7-30-60(75(68,69)45-25-23-43(57)24-26-45)36-42(37-62)46(33-39-16-10-9-11-17-39)59-55(67)72-32-15-29-58-51(63)38-73-44-19-14-18-41(35-44)48(27-21-40-22-28-49(70-5)50(34-40)71-6)74-54(66)47-20-12-13-31-61(47)53(65)52(64)56(3,4)8-2/h9-11,14,16-19,22-26,28,34-35,42,46-48,62H,7-8,12-13,15,20-21,27,29-33,36-38,57H2,1-6H3,(H,58,63)(H,59,67)/t42-,46-,47-,48+/m0/s1. The third kappa shape index (κ3) is 17.2. The van der Waals surface area contributed by atoms with Crippen molar-refractivity contribution in [1.29, 1.82) is 0 Å². The van der Waals surface area contributed by atoms with Crippen LogP contribution in [-0.4, -0.2) is 125 Å². The molecule has 75 heavy (non-hydrogen) atoms. The molecule has 1 aliphatic heterocycles. The molecule has 1 heterocycles. The van der Waals surface area contributed by atoms with Crippen molar-refractivity contribution >= 4 is 45.4 Å². The summed E-state index contributed by atoms with van der Waals surface area (Å²) in [7, 11) is -0.870.